The number of benzene rings is 1. The van der Waals surface area contributed by atoms with E-state index < -0.39 is 11.6 Å². The molecule has 2 nitrogen and oxygen atoms in total. The highest BCUT2D eigenvalue weighted by Crippen LogP contribution is 2.29. The van der Waals surface area contributed by atoms with Crippen molar-refractivity contribution in [2.45, 2.75) is 39.2 Å². The lowest BCUT2D eigenvalue weighted by Gasteiger charge is -2.13. The van der Waals surface area contributed by atoms with Crippen LogP contribution >= 0.6 is 0 Å². The minimum absolute atomic E-state index is 0.246. The fourth-order valence-electron chi connectivity index (χ4n) is 2.99. The van der Waals surface area contributed by atoms with E-state index in [1.807, 2.05) is 10.8 Å². The molecular formula is C16H18F2N2. The largest absolute Gasteiger partial charge is 0.331 e. The first-order valence-corrected chi connectivity index (χ1v) is 7.13. The maximum absolute atomic E-state index is 14.1. The van der Waals surface area contributed by atoms with Gasteiger partial charge in [0.1, 0.15) is 5.82 Å². The smallest absolute Gasteiger partial charge is 0.170 e. The zero-order valence-electron chi connectivity index (χ0n) is 11.6. The molecule has 1 aliphatic carbocycles. The summed E-state index contributed by atoms with van der Waals surface area (Å²) in [5, 5.41) is 0. The Balaban J connectivity index is 1.94. The van der Waals surface area contributed by atoms with Gasteiger partial charge in [-0.2, -0.15) is 0 Å². The normalized spacial score (nSPS) is 15.9. The first kappa shape index (κ1) is 13.3. The van der Waals surface area contributed by atoms with Crippen molar-refractivity contribution in [3.8, 4) is 11.4 Å². The number of hydrogen-bond acceptors (Lipinski definition) is 1. The first-order valence-electron chi connectivity index (χ1n) is 7.13. The van der Waals surface area contributed by atoms with Crippen LogP contribution < -0.4 is 0 Å². The predicted molar refractivity (Wildman–Crippen MR) is 74.3 cm³/mol. The second-order valence-corrected chi connectivity index (χ2v) is 5.61. The van der Waals surface area contributed by atoms with Crippen LogP contribution in [0.4, 0.5) is 8.78 Å². The highest BCUT2D eigenvalue weighted by Gasteiger charge is 2.20. The Kier molecular flexibility index (Phi) is 3.55. The van der Waals surface area contributed by atoms with Gasteiger partial charge in [-0.3, -0.25) is 0 Å². The van der Waals surface area contributed by atoms with Gasteiger partial charge in [-0.05, 0) is 37.3 Å². The summed E-state index contributed by atoms with van der Waals surface area (Å²) in [5.41, 5.74) is 0.566. The lowest BCUT2D eigenvalue weighted by molar-refractivity contribution is 0.458. The molecule has 0 bridgehead atoms. The molecule has 1 heterocycles. The topological polar surface area (TPSA) is 17.8 Å². The van der Waals surface area contributed by atoms with Crippen LogP contribution in [-0.2, 0) is 6.54 Å². The lowest BCUT2D eigenvalue weighted by atomic mass is 10.1. The fraction of sp³-hybridized carbons (Fsp3) is 0.438. The molecule has 1 fully saturated rings. The van der Waals surface area contributed by atoms with Gasteiger partial charge in [-0.1, -0.05) is 18.9 Å². The summed E-state index contributed by atoms with van der Waals surface area (Å²) >= 11 is 0. The van der Waals surface area contributed by atoms with Crippen molar-refractivity contribution < 1.29 is 8.78 Å². The quantitative estimate of drug-likeness (QED) is 0.816. The Morgan fingerprint density at radius 2 is 1.95 bits per heavy atom. The first-order chi connectivity index (χ1) is 9.66. The van der Waals surface area contributed by atoms with Crippen LogP contribution in [0.2, 0.25) is 0 Å². The van der Waals surface area contributed by atoms with E-state index in [0.29, 0.717) is 17.3 Å². The highest BCUT2D eigenvalue weighted by atomic mass is 19.2. The third kappa shape index (κ3) is 2.35. The van der Waals surface area contributed by atoms with E-state index in [9.17, 15) is 8.78 Å². The van der Waals surface area contributed by atoms with Gasteiger partial charge in [0.2, 0.25) is 0 Å². The molecule has 0 aliphatic heterocycles. The SMILES string of the molecule is Cc1ccc(-c2nccn2CC2CCCC2)c(F)c1F. The van der Waals surface area contributed by atoms with E-state index in [0.717, 1.165) is 6.54 Å². The summed E-state index contributed by atoms with van der Waals surface area (Å²) in [4.78, 5) is 4.22. The van der Waals surface area contributed by atoms with E-state index in [4.69, 9.17) is 0 Å². The monoisotopic (exact) mass is 276 g/mol. The van der Waals surface area contributed by atoms with Crippen molar-refractivity contribution in [3.63, 3.8) is 0 Å². The van der Waals surface area contributed by atoms with Crippen LogP contribution in [0.5, 0.6) is 0 Å². The molecular weight excluding hydrogens is 258 g/mol. The Labute approximate surface area is 117 Å². The molecule has 3 rings (SSSR count). The second-order valence-electron chi connectivity index (χ2n) is 5.61. The molecule has 0 amide bonds. The molecule has 106 valence electrons. The summed E-state index contributed by atoms with van der Waals surface area (Å²) in [7, 11) is 0. The molecule has 0 N–H and O–H groups in total. The number of hydrogen-bond donors (Lipinski definition) is 0. The van der Waals surface area contributed by atoms with Crippen molar-refractivity contribution in [2.75, 3.05) is 0 Å². The summed E-state index contributed by atoms with van der Waals surface area (Å²) in [6, 6.07) is 3.21. The number of halogens is 2. The van der Waals surface area contributed by atoms with Gasteiger partial charge in [-0.15, -0.1) is 0 Å². The third-order valence-electron chi connectivity index (χ3n) is 4.16. The average Bonchev–Trinajstić information content (AvgIpc) is 3.09. The molecule has 0 spiro atoms. The molecule has 0 atom stereocenters. The number of rotatable bonds is 3. The van der Waals surface area contributed by atoms with Crippen LogP contribution in [0.25, 0.3) is 11.4 Å². The molecule has 1 aromatic carbocycles. The van der Waals surface area contributed by atoms with E-state index in [-0.39, 0.29) is 5.56 Å². The zero-order chi connectivity index (χ0) is 14.1. The highest BCUT2D eigenvalue weighted by molar-refractivity contribution is 5.57. The number of nitrogens with zero attached hydrogens (tertiary/aromatic N) is 2. The number of aromatic nitrogens is 2. The number of aryl methyl sites for hydroxylation is 1. The molecule has 0 saturated heterocycles. The molecule has 1 aliphatic rings. The minimum Gasteiger partial charge on any atom is -0.331 e. The molecule has 4 heteroatoms. The maximum Gasteiger partial charge on any atom is 0.170 e. The van der Waals surface area contributed by atoms with E-state index >= 15 is 0 Å². The Morgan fingerprint density at radius 1 is 1.20 bits per heavy atom. The molecule has 1 aromatic heterocycles. The lowest BCUT2D eigenvalue weighted by Crippen LogP contribution is -2.09. The zero-order valence-corrected chi connectivity index (χ0v) is 11.6. The average molecular weight is 276 g/mol. The predicted octanol–water partition coefficient (Wildman–Crippen LogP) is 4.33. The van der Waals surface area contributed by atoms with Crippen molar-refractivity contribution in [1.29, 1.82) is 0 Å². The Bertz CT molecular complexity index is 613. The molecule has 2 aromatic rings. The van der Waals surface area contributed by atoms with Crippen molar-refractivity contribution >= 4 is 0 Å². The molecule has 1 saturated carbocycles. The van der Waals surface area contributed by atoms with E-state index in [1.54, 1.807) is 25.3 Å². The summed E-state index contributed by atoms with van der Waals surface area (Å²) in [6.45, 7) is 2.40. The maximum atomic E-state index is 14.1. The summed E-state index contributed by atoms with van der Waals surface area (Å²) in [5.74, 6) is -0.434. The van der Waals surface area contributed by atoms with Gasteiger partial charge in [0.05, 0.1) is 5.56 Å². The standard InChI is InChI=1S/C16H18F2N2/c1-11-6-7-13(15(18)14(11)17)16-19-8-9-20(16)10-12-4-2-3-5-12/h6-9,12H,2-5,10H2,1H3. The summed E-state index contributed by atoms with van der Waals surface area (Å²) in [6.07, 6.45) is 8.46. The van der Waals surface area contributed by atoms with Gasteiger partial charge < -0.3 is 4.57 Å². The molecule has 0 radical (unpaired) electrons. The Morgan fingerprint density at radius 3 is 2.70 bits per heavy atom. The molecule has 0 unspecified atom stereocenters. The van der Waals surface area contributed by atoms with Gasteiger partial charge in [-0.25, -0.2) is 13.8 Å². The van der Waals surface area contributed by atoms with Gasteiger partial charge in [0.25, 0.3) is 0 Å². The van der Waals surface area contributed by atoms with Crippen LogP contribution in [-0.4, -0.2) is 9.55 Å². The van der Waals surface area contributed by atoms with Gasteiger partial charge >= 0.3 is 0 Å². The third-order valence-corrected chi connectivity index (χ3v) is 4.16. The summed E-state index contributed by atoms with van der Waals surface area (Å²) < 4.78 is 29.7. The molecule has 20 heavy (non-hydrogen) atoms. The fourth-order valence-corrected chi connectivity index (χ4v) is 2.99. The van der Waals surface area contributed by atoms with Gasteiger partial charge in [0, 0.05) is 18.9 Å². The van der Waals surface area contributed by atoms with E-state index in [1.165, 1.54) is 25.7 Å². The minimum atomic E-state index is -0.802. The number of imidazole rings is 1. The van der Waals surface area contributed by atoms with Crippen LogP contribution in [0.15, 0.2) is 24.5 Å². The van der Waals surface area contributed by atoms with Gasteiger partial charge in [0.15, 0.2) is 11.6 Å². The van der Waals surface area contributed by atoms with Crippen LogP contribution in [0.1, 0.15) is 31.2 Å². The van der Waals surface area contributed by atoms with E-state index in [2.05, 4.69) is 4.98 Å². The second kappa shape index (κ2) is 5.35. The van der Waals surface area contributed by atoms with Crippen LogP contribution in [0.3, 0.4) is 0 Å². The van der Waals surface area contributed by atoms with Crippen LogP contribution in [0, 0.1) is 24.5 Å². The van der Waals surface area contributed by atoms with Crippen molar-refractivity contribution in [1.82, 2.24) is 9.55 Å². The Hall–Kier alpha value is -1.71. The van der Waals surface area contributed by atoms with Crippen molar-refractivity contribution in [3.05, 3.63) is 41.7 Å². The van der Waals surface area contributed by atoms with Crippen molar-refractivity contribution in [2.24, 2.45) is 5.92 Å².